The molecular weight excluding hydrogens is 744 g/mol. The first-order valence-corrected chi connectivity index (χ1v) is 17.3. The first-order valence-electron chi connectivity index (χ1n) is 17.3. The van der Waals surface area contributed by atoms with Gasteiger partial charge in [0.15, 0.2) is 0 Å². The van der Waals surface area contributed by atoms with Crippen LogP contribution in [0.2, 0.25) is 0 Å². The molecule has 10 nitrogen and oxygen atoms in total. The average Bonchev–Trinajstić information content (AvgIpc) is 3.95. The summed E-state index contributed by atoms with van der Waals surface area (Å²) in [4.78, 5) is 24.4. The molecular formula is C44H38FeO10. The van der Waals surface area contributed by atoms with Gasteiger partial charge in [0, 0.05) is 11.5 Å². The molecule has 0 aliphatic heterocycles. The normalized spacial score (nSPS) is 11.9. The van der Waals surface area contributed by atoms with Crippen molar-refractivity contribution < 1.29 is 65.3 Å². The molecule has 0 spiro atoms. The van der Waals surface area contributed by atoms with Crippen LogP contribution in [0.4, 0.5) is 0 Å². The van der Waals surface area contributed by atoms with Crippen molar-refractivity contribution in [3.8, 4) is 34.5 Å². The van der Waals surface area contributed by atoms with E-state index in [1.807, 2.05) is 13.8 Å². The van der Waals surface area contributed by atoms with E-state index in [1.54, 1.807) is 146 Å². The SMILES string of the molecule is CCCOc1ccc(C(=O)Oc2ccc(OC([O-])=C3C=CC=C3)cc2)cc1.CCCOc1ccc(C(=O)Oc2ccc(OC([O-])=C3C=CC=C3)cc2)cc1.[Fe+2]. The maximum atomic E-state index is 12.2. The van der Waals surface area contributed by atoms with Gasteiger partial charge in [0.2, 0.25) is 0 Å². The van der Waals surface area contributed by atoms with Gasteiger partial charge in [-0.1, -0.05) is 62.5 Å². The molecule has 0 unspecified atom stereocenters. The van der Waals surface area contributed by atoms with Gasteiger partial charge in [-0.05, 0) is 121 Å². The van der Waals surface area contributed by atoms with Crippen LogP contribution in [0.1, 0.15) is 47.4 Å². The molecule has 0 heterocycles. The van der Waals surface area contributed by atoms with Crippen LogP contribution in [0.25, 0.3) is 0 Å². The van der Waals surface area contributed by atoms with Gasteiger partial charge in [0.1, 0.15) is 23.0 Å². The molecule has 0 N–H and O–H groups in total. The van der Waals surface area contributed by atoms with E-state index in [4.69, 9.17) is 28.4 Å². The van der Waals surface area contributed by atoms with E-state index in [0.29, 0.717) is 70.0 Å². The predicted molar refractivity (Wildman–Crippen MR) is 199 cm³/mol. The topological polar surface area (TPSA) is 136 Å². The van der Waals surface area contributed by atoms with Gasteiger partial charge in [-0.25, -0.2) is 9.59 Å². The number of allylic oxidation sites excluding steroid dienone is 10. The molecule has 0 bridgehead atoms. The number of esters is 2. The van der Waals surface area contributed by atoms with E-state index >= 15 is 0 Å². The number of carbonyl (C=O) groups is 2. The van der Waals surface area contributed by atoms with Gasteiger partial charge in [-0.3, -0.25) is 0 Å². The number of hydrogen-bond acceptors (Lipinski definition) is 10. The summed E-state index contributed by atoms with van der Waals surface area (Å²) in [6, 6.07) is 26.2. The van der Waals surface area contributed by atoms with Crippen molar-refractivity contribution in [2.45, 2.75) is 26.7 Å². The van der Waals surface area contributed by atoms with Crippen LogP contribution < -0.4 is 38.6 Å². The number of rotatable bonds is 14. The van der Waals surface area contributed by atoms with E-state index in [0.717, 1.165) is 12.8 Å². The Balaban J connectivity index is 0.000000240. The maximum absolute atomic E-state index is 12.2. The average molecular weight is 783 g/mol. The summed E-state index contributed by atoms with van der Waals surface area (Å²) in [5.41, 5.74) is 1.81. The minimum Gasteiger partial charge on any atom is -0.579 e. The van der Waals surface area contributed by atoms with E-state index in [9.17, 15) is 19.8 Å². The van der Waals surface area contributed by atoms with E-state index in [-0.39, 0.29) is 17.1 Å². The summed E-state index contributed by atoms with van der Waals surface area (Å²) in [6.45, 7) is 5.32. The fourth-order valence-corrected chi connectivity index (χ4v) is 4.65. The molecule has 0 atom stereocenters. The van der Waals surface area contributed by atoms with Crippen LogP contribution in [0.5, 0.6) is 34.5 Å². The summed E-state index contributed by atoms with van der Waals surface area (Å²) in [5.74, 6) is 1.08. The monoisotopic (exact) mass is 782 g/mol. The second-order valence-corrected chi connectivity index (χ2v) is 11.6. The van der Waals surface area contributed by atoms with Gasteiger partial charge < -0.3 is 38.6 Å². The van der Waals surface area contributed by atoms with Crippen molar-refractivity contribution in [2.75, 3.05) is 13.2 Å². The largest absolute Gasteiger partial charge is 2.00 e. The van der Waals surface area contributed by atoms with E-state index in [2.05, 4.69) is 0 Å². The molecule has 0 amide bonds. The molecule has 0 saturated carbocycles. The van der Waals surface area contributed by atoms with E-state index < -0.39 is 23.8 Å². The minimum absolute atomic E-state index is 0. The van der Waals surface area contributed by atoms with Crippen molar-refractivity contribution in [3.63, 3.8) is 0 Å². The molecule has 6 rings (SSSR count). The number of ether oxygens (including phenoxy) is 6. The molecule has 282 valence electrons. The summed E-state index contributed by atoms with van der Waals surface area (Å²) >= 11 is 0. The summed E-state index contributed by atoms with van der Waals surface area (Å²) < 4.78 is 32.2. The zero-order valence-corrected chi connectivity index (χ0v) is 31.2. The first-order chi connectivity index (χ1) is 26.3. The van der Waals surface area contributed by atoms with Crippen LogP contribution >= 0.6 is 0 Å². The number of benzene rings is 4. The Morgan fingerprint density at radius 1 is 0.436 bits per heavy atom. The van der Waals surface area contributed by atoms with Crippen molar-refractivity contribution in [1.82, 2.24) is 0 Å². The van der Waals surface area contributed by atoms with Crippen LogP contribution in [0.15, 0.2) is 169 Å². The summed E-state index contributed by atoms with van der Waals surface area (Å²) in [7, 11) is 0. The molecule has 0 aromatic heterocycles. The Morgan fingerprint density at radius 2 is 0.709 bits per heavy atom. The Hall–Kier alpha value is -6.42. The molecule has 2 aliphatic carbocycles. The number of hydrogen-bond donors (Lipinski definition) is 0. The Labute approximate surface area is 330 Å². The Morgan fingerprint density at radius 3 is 1.00 bits per heavy atom. The smallest absolute Gasteiger partial charge is 0.579 e. The fourth-order valence-electron chi connectivity index (χ4n) is 4.65. The quantitative estimate of drug-likeness (QED) is 0.0547. The molecule has 0 radical (unpaired) electrons. The predicted octanol–water partition coefficient (Wildman–Crippen LogP) is 7.54. The van der Waals surface area contributed by atoms with Crippen LogP contribution in [0, 0.1) is 0 Å². The van der Waals surface area contributed by atoms with Crippen molar-refractivity contribution >= 4 is 11.9 Å². The molecule has 11 heteroatoms. The van der Waals surface area contributed by atoms with Crippen LogP contribution in [-0.2, 0) is 17.1 Å². The van der Waals surface area contributed by atoms with Gasteiger partial charge in [-0.2, -0.15) is 0 Å². The standard InChI is InChI=1S/2C22H20O5.Fe/c2*1-2-15-25-18-9-7-17(8-10-18)22(24)27-20-13-11-19(12-14-20)26-21(23)16-5-3-4-6-16;/h2*3-14,23H,2,15H2,1H3;/q;;+2/p-2. The third-order valence-corrected chi connectivity index (χ3v) is 7.41. The fraction of sp³-hybridized carbons (Fsp3) is 0.136. The molecule has 4 aromatic carbocycles. The van der Waals surface area contributed by atoms with Crippen molar-refractivity contribution in [2.24, 2.45) is 0 Å². The third-order valence-electron chi connectivity index (χ3n) is 7.41. The van der Waals surface area contributed by atoms with Crippen molar-refractivity contribution in [1.29, 1.82) is 0 Å². The molecule has 4 aromatic rings. The summed E-state index contributed by atoms with van der Waals surface area (Å²) in [6.07, 6.45) is 15.6. The first kappa shape index (κ1) is 41.3. The van der Waals surface area contributed by atoms with Crippen molar-refractivity contribution in [3.05, 3.63) is 180 Å². The van der Waals surface area contributed by atoms with Crippen LogP contribution in [0.3, 0.4) is 0 Å². The van der Waals surface area contributed by atoms with E-state index in [1.165, 1.54) is 0 Å². The van der Waals surface area contributed by atoms with Gasteiger partial charge in [0.05, 0.1) is 36.2 Å². The zero-order valence-electron chi connectivity index (χ0n) is 30.1. The number of carbonyl (C=O) groups excluding carboxylic acids is 2. The Bertz CT molecular complexity index is 1880. The zero-order chi connectivity index (χ0) is 38.1. The maximum Gasteiger partial charge on any atom is 2.00 e. The second-order valence-electron chi connectivity index (χ2n) is 11.6. The molecule has 2 aliphatic rings. The van der Waals surface area contributed by atoms with Gasteiger partial charge in [-0.15, -0.1) is 0 Å². The van der Waals surface area contributed by atoms with Crippen LogP contribution in [-0.4, -0.2) is 25.2 Å². The third kappa shape index (κ3) is 12.9. The van der Waals surface area contributed by atoms with Gasteiger partial charge in [0.25, 0.3) is 0 Å². The molecule has 55 heavy (non-hydrogen) atoms. The summed E-state index contributed by atoms with van der Waals surface area (Å²) in [5, 5.41) is 23.8. The Kier molecular flexibility index (Phi) is 16.0. The second kappa shape index (κ2) is 21.3. The van der Waals surface area contributed by atoms with Gasteiger partial charge >= 0.3 is 29.0 Å². The molecule has 0 saturated heterocycles. The molecule has 0 fully saturated rings. The minimum atomic E-state index is -0.474.